The number of carbonyl (C=O) groups excluding carboxylic acids is 1. The lowest BCUT2D eigenvalue weighted by Crippen LogP contribution is -2.34. The molecular weight excluding hydrogens is 380 g/mol. The number of ether oxygens (including phenoxy) is 1. The van der Waals surface area contributed by atoms with Crippen LogP contribution in [0, 0.1) is 6.92 Å². The van der Waals surface area contributed by atoms with E-state index in [1.165, 1.54) is 6.33 Å². The van der Waals surface area contributed by atoms with Crippen molar-refractivity contribution in [2.75, 3.05) is 23.1 Å². The molecule has 3 aromatic rings. The number of nitrogens with two attached hydrogens (primary N) is 1. The van der Waals surface area contributed by atoms with Gasteiger partial charge in [-0.15, -0.1) is 0 Å². The maximum absolute atomic E-state index is 11.9. The fourth-order valence-corrected chi connectivity index (χ4v) is 2.55. The summed E-state index contributed by atoms with van der Waals surface area (Å²) in [6.07, 6.45) is 1.33. The smallest absolute Gasteiger partial charge is 0.276 e. The van der Waals surface area contributed by atoms with E-state index in [2.05, 4.69) is 26.1 Å². The van der Waals surface area contributed by atoms with Crippen LogP contribution in [0.5, 0.6) is 5.75 Å². The Morgan fingerprint density at radius 3 is 2.64 bits per heavy atom. The number of hydrazine groups is 1. The lowest BCUT2D eigenvalue weighted by Gasteiger charge is -2.14. The number of amides is 1. The molecule has 0 spiro atoms. The summed E-state index contributed by atoms with van der Waals surface area (Å²) >= 11 is 5.97. The molecule has 0 atom stereocenters. The monoisotopic (exact) mass is 398 g/mol. The molecule has 2 aromatic carbocycles. The summed E-state index contributed by atoms with van der Waals surface area (Å²) in [6, 6.07) is 14.5. The third-order valence-corrected chi connectivity index (χ3v) is 3.99. The van der Waals surface area contributed by atoms with Gasteiger partial charge in [-0.1, -0.05) is 29.8 Å². The van der Waals surface area contributed by atoms with Gasteiger partial charge in [-0.2, -0.15) is 0 Å². The van der Waals surface area contributed by atoms with Crippen molar-refractivity contribution in [3.8, 4) is 5.75 Å². The van der Waals surface area contributed by atoms with E-state index in [1.54, 1.807) is 18.2 Å². The van der Waals surface area contributed by atoms with Crippen molar-refractivity contribution in [3.63, 3.8) is 0 Å². The highest BCUT2D eigenvalue weighted by atomic mass is 35.5. The molecule has 1 heterocycles. The van der Waals surface area contributed by atoms with Crippen LogP contribution in [0.25, 0.3) is 0 Å². The van der Waals surface area contributed by atoms with Gasteiger partial charge < -0.3 is 15.8 Å². The number of halogens is 1. The number of hydrogen-bond acceptors (Lipinski definition) is 7. The minimum absolute atomic E-state index is 0.156. The third kappa shape index (κ3) is 5.01. The van der Waals surface area contributed by atoms with Gasteiger partial charge in [0.15, 0.2) is 18.2 Å². The maximum Gasteiger partial charge on any atom is 0.276 e. The van der Waals surface area contributed by atoms with Crippen LogP contribution in [-0.2, 0) is 4.79 Å². The van der Waals surface area contributed by atoms with Crippen LogP contribution >= 0.6 is 11.6 Å². The standard InChI is InChI=1S/C19H19ClN6O2/c1-12-9-13(20)7-8-15(12)24-18-17(21)19(23-11-22-18)26-25-16(27)10-28-14-5-3-2-4-6-14/h2-9,11H,10,21H2,1H3,(H,25,27)(H2,22,23,24,26). The first-order valence-electron chi connectivity index (χ1n) is 8.39. The Balaban J connectivity index is 1.60. The number of nitrogens with zero attached hydrogens (tertiary/aromatic N) is 2. The van der Waals surface area contributed by atoms with E-state index in [-0.39, 0.29) is 24.0 Å². The highest BCUT2D eigenvalue weighted by Crippen LogP contribution is 2.28. The summed E-state index contributed by atoms with van der Waals surface area (Å²) in [6.45, 7) is 1.76. The van der Waals surface area contributed by atoms with E-state index in [1.807, 2.05) is 37.3 Å². The van der Waals surface area contributed by atoms with Gasteiger partial charge in [0.2, 0.25) is 0 Å². The number of anilines is 4. The number of aromatic nitrogens is 2. The number of nitrogens with one attached hydrogen (secondary N) is 3. The number of para-hydroxylation sites is 1. The van der Waals surface area contributed by atoms with Crippen LogP contribution in [0.15, 0.2) is 54.9 Å². The number of hydrogen-bond donors (Lipinski definition) is 4. The summed E-state index contributed by atoms with van der Waals surface area (Å²) in [5.41, 5.74) is 13.3. The Kier molecular flexibility index (Phi) is 6.13. The molecule has 8 nitrogen and oxygen atoms in total. The van der Waals surface area contributed by atoms with Crippen LogP contribution in [0.1, 0.15) is 5.56 Å². The van der Waals surface area contributed by atoms with E-state index in [9.17, 15) is 4.79 Å². The topological polar surface area (TPSA) is 114 Å². The molecule has 0 saturated heterocycles. The molecule has 0 aliphatic rings. The van der Waals surface area contributed by atoms with Crippen molar-refractivity contribution in [1.29, 1.82) is 0 Å². The van der Waals surface area contributed by atoms with E-state index in [4.69, 9.17) is 22.1 Å². The highest BCUT2D eigenvalue weighted by Gasteiger charge is 2.11. The van der Waals surface area contributed by atoms with Gasteiger partial charge in [-0.3, -0.25) is 15.6 Å². The molecule has 0 unspecified atom stereocenters. The summed E-state index contributed by atoms with van der Waals surface area (Å²) in [5, 5.41) is 3.77. The van der Waals surface area contributed by atoms with E-state index >= 15 is 0 Å². The van der Waals surface area contributed by atoms with Crippen molar-refractivity contribution in [3.05, 3.63) is 65.4 Å². The van der Waals surface area contributed by atoms with Gasteiger partial charge in [0.1, 0.15) is 17.8 Å². The zero-order valence-electron chi connectivity index (χ0n) is 15.1. The average molecular weight is 399 g/mol. The van der Waals surface area contributed by atoms with Crippen LogP contribution in [0.2, 0.25) is 5.02 Å². The quantitative estimate of drug-likeness (QED) is 0.451. The maximum atomic E-state index is 11.9. The Morgan fingerprint density at radius 2 is 1.89 bits per heavy atom. The fraction of sp³-hybridized carbons (Fsp3) is 0.105. The lowest BCUT2D eigenvalue weighted by atomic mass is 10.2. The Morgan fingerprint density at radius 1 is 1.14 bits per heavy atom. The number of rotatable bonds is 7. The van der Waals surface area contributed by atoms with Crippen molar-refractivity contribution in [2.45, 2.75) is 6.92 Å². The second-order valence-corrected chi connectivity index (χ2v) is 6.28. The second kappa shape index (κ2) is 8.92. The van der Waals surface area contributed by atoms with Crippen molar-refractivity contribution >= 4 is 40.5 Å². The van der Waals surface area contributed by atoms with Crippen LogP contribution < -0.4 is 26.6 Å². The van der Waals surface area contributed by atoms with Gasteiger partial charge in [-0.05, 0) is 42.8 Å². The molecule has 5 N–H and O–H groups in total. The van der Waals surface area contributed by atoms with E-state index in [0.29, 0.717) is 16.6 Å². The third-order valence-electron chi connectivity index (χ3n) is 3.76. The first-order valence-corrected chi connectivity index (χ1v) is 8.77. The number of aryl methyl sites for hydroxylation is 1. The first kappa shape index (κ1) is 19.2. The van der Waals surface area contributed by atoms with Crippen molar-refractivity contribution < 1.29 is 9.53 Å². The largest absolute Gasteiger partial charge is 0.484 e. The fourth-order valence-electron chi connectivity index (χ4n) is 2.32. The molecule has 0 aliphatic heterocycles. The SMILES string of the molecule is Cc1cc(Cl)ccc1Nc1ncnc(NNC(=O)COc2ccccc2)c1N. The molecule has 1 amide bonds. The molecule has 28 heavy (non-hydrogen) atoms. The van der Waals surface area contributed by atoms with Gasteiger partial charge in [0.05, 0.1) is 0 Å². The zero-order chi connectivity index (χ0) is 19.9. The van der Waals surface area contributed by atoms with E-state index in [0.717, 1.165) is 11.3 Å². The Labute approximate surface area is 167 Å². The molecule has 0 aliphatic carbocycles. The molecule has 0 radical (unpaired) electrons. The van der Waals surface area contributed by atoms with Gasteiger partial charge in [-0.25, -0.2) is 9.97 Å². The highest BCUT2D eigenvalue weighted by molar-refractivity contribution is 6.30. The number of benzene rings is 2. The van der Waals surface area contributed by atoms with Crippen molar-refractivity contribution in [2.24, 2.45) is 0 Å². The van der Waals surface area contributed by atoms with Crippen LogP contribution in [0.4, 0.5) is 23.0 Å². The molecule has 0 bridgehead atoms. The molecule has 0 saturated carbocycles. The van der Waals surface area contributed by atoms with Crippen molar-refractivity contribution in [1.82, 2.24) is 15.4 Å². The Bertz CT molecular complexity index is 968. The minimum Gasteiger partial charge on any atom is -0.484 e. The first-order chi connectivity index (χ1) is 13.5. The molecular formula is C19H19ClN6O2. The van der Waals surface area contributed by atoms with Gasteiger partial charge in [0, 0.05) is 10.7 Å². The number of nitrogen functional groups attached to an aromatic ring is 1. The number of carbonyl (C=O) groups is 1. The normalized spacial score (nSPS) is 10.2. The van der Waals surface area contributed by atoms with Crippen LogP contribution in [0.3, 0.4) is 0 Å². The molecule has 3 rings (SSSR count). The summed E-state index contributed by atoms with van der Waals surface area (Å²) in [5.74, 6) is 0.879. The van der Waals surface area contributed by atoms with Gasteiger partial charge >= 0.3 is 0 Å². The molecule has 0 fully saturated rings. The van der Waals surface area contributed by atoms with Gasteiger partial charge in [0.25, 0.3) is 5.91 Å². The predicted octanol–water partition coefficient (Wildman–Crippen LogP) is 3.29. The van der Waals surface area contributed by atoms with E-state index < -0.39 is 0 Å². The van der Waals surface area contributed by atoms with Crippen LogP contribution in [-0.4, -0.2) is 22.5 Å². The molecule has 144 valence electrons. The molecule has 1 aromatic heterocycles. The predicted molar refractivity (Wildman–Crippen MR) is 110 cm³/mol. The molecule has 9 heteroatoms. The minimum atomic E-state index is -0.384. The lowest BCUT2D eigenvalue weighted by molar-refractivity contribution is -0.122. The summed E-state index contributed by atoms with van der Waals surface area (Å²) in [4.78, 5) is 20.1. The zero-order valence-corrected chi connectivity index (χ0v) is 15.8. The summed E-state index contributed by atoms with van der Waals surface area (Å²) < 4.78 is 5.37. The second-order valence-electron chi connectivity index (χ2n) is 5.84. The summed E-state index contributed by atoms with van der Waals surface area (Å²) in [7, 11) is 0. The average Bonchev–Trinajstić information content (AvgIpc) is 2.69. The Hall–Kier alpha value is -3.52.